The molecule has 1 saturated heterocycles. The second kappa shape index (κ2) is 4.77. The van der Waals surface area contributed by atoms with Crippen LogP contribution in [-0.2, 0) is 4.79 Å². The number of aliphatic hydroxyl groups is 1. The van der Waals surface area contributed by atoms with Gasteiger partial charge in [0.2, 0.25) is 0 Å². The highest BCUT2D eigenvalue weighted by Gasteiger charge is 2.53. The summed E-state index contributed by atoms with van der Waals surface area (Å²) in [6.45, 7) is 4.68. The predicted molar refractivity (Wildman–Crippen MR) is 75.5 cm³/mol. The molecule has 1 aromatic carbocycles. The number of amides is 1. The summed E-state index contributed by atoms with van der Waals surface area (Å²) in [5, 5.41) is 10.2. The SMILES string of the molecule is Cc1ccc(OC(C)C(=O)N2CC(O)(C3CC3)C2)cc1. The molecule has 1 aromatic rings. The van der Waals surface area contributed by atoms with Crippen molar-refractivity contribution in [1.82, 2.24) is 4.90 Å². The Kier molecular flexibility index (Phi) is 3.21. The molecule has 1 aliphatic carbocycles. The minimum atomic E-state index is -0.626. The monoisotopic (exact) mass is 275 g/mol. The lowest BCUT2D eigenvalue weighted by molar-refractivity contribution is -0.165. The van der Waals surface area contributed by atoms with Crippen molar-refractivity contribution < 1.29 is 14.6 Å². The molecule has 1 heterocycles. The molecule has 1 aliphatic heterocycles. The van der Waals surface area contributed by atoms with Gasteiger partial charge in [0.05, 0.1) is 13.1 Å². The molecule has 1 N–H and O–H groups in total. The number of aryl methyl sites for hydroxylation is 1. The van der Waals surface area contributed by atoms with Gasteiger partial charge in [-0.25, -0.2) is 0 Å². The van der Waals surface area contributed by atoms with Crippen LogP contribution in [0.3, 0.4) is 0 Å². The molecule has 1 unspecified atom stereocenters. The van der Waals surface area contributed by atoms with E-state index in [0.717, 1.165) is 18.4 Å². The molecular weight excluding hydrogens is 254 g/mol. The number of carbonyl (C=O) groups is 1. The van der Waals surface area contributed by atoms with Gasteiger partial charge in [0, 0.05) is 0 Å². The summed E-state index contributed by atoms with van der Waals surface area (Å²) in [4.78, 5) is 13.9. The molecule has 2 aliphatic rings. The second-order valence-corrected chi connectivity index (χ2v) is 6.15. The number of nitrogens with zero attached hydrogens (tertiary/aromatic N) is 1. The van der Waals surface area contributed by atoms with Crippen molar-refractivity contribution >= 4 is 5.91 Å². The maximum Gasteiger partial charge on any atom is 0.263 e. The van der Waals surface area contributed by atoms with E-state index < -0.39 is 11.7 Å². The van der Waals surface area contributed by atoms with Gasteiger partial charge in [0.1, 0.15) is 11.4 Å². The Morgan fingerprint density at radius 1 is 1.35 bits per heavy atom. The van der Waals surface area contributed by atoms with Crippen LogP contribution in [0.4, 0.5) is 0 Å². The fourth-order valence-corrected chi connectivity index (χ4v) is 2.78. The predicted octanol–water partition coefficient (Wildman–Crippen LogP) is 1.75. The number of hydrogen-bond acceptors (Lipinski definition) is 3. The molecule has 2 fully saturated rings. The third-order valence-corrected chi connectivity index (χ3v) is 4.26. The van der Waals surface area contributed by atoms with Crippen LogP contribution in [0, 0.1) is 12.8 Å². The maximum atomic E-state index is 12.2. The quantitative estimate of drug-likeness (QED) is 0.910. The van der Waals surface area contributed by atoms with Gasteiger partial charge in [0.25, 0.3) is 5.91 Å². The minimum Gasteiger partial charge on any atom is -0.481 e. The van der Waals surface area contributed by atoms with Crippen LogP contribution in [0.25, 0.3) is 0 Å². The molecule has 1 saturated carbocycles. The topological polar surface area (TPSA) is 49.8 Å². The van der Waals surface area contributed by atoms with E-state index in [1.807, 2.05) is 31.2 Å². The van der Waals surface area contributed by atoms with Gasteiger partial charge in [-0.3, -0.25) is 4.79 Å². The number of carbonyl (C=O) groups excluding carboxylic acids is 1. The Bertz CT molecular complexity index is 501. The lowest BCUT2D eigenvalue weighted by Gasteiger charge is -2.47. The highest BCUT2D eigenvalue weighted by atomic mass is 16.5. The van der Waals surface area contributed by atoms with E-state index >= 15 is 0 Å². The summed E-state index contributed by atoms with van der Waals surface area (Å²) < 4.78 is 5.66. The normalized spacial score (nSPS) is 22.1. The lowest BCUT2D eigenvalue weighted by Crippen LogP contribution is -2.66. The zero-order valence-corrected chi connectivity index (χ0v) is 12.0. The van der Waals surface area contributed by atoms with Crippen molar-refractivity contribution in [3.8, 4) is 5.75 Å². The fraction of sp³-hybridized carbons (Fsp3) is 0.562. The molecule has 4 nitrogen and oxygen atoms in total. The summed E-state index contributed by atoms with van der Waals surface area (Å²) >= 11 is 0. The summed E-state index contributed by atoms with van der Waals surface area (Å²) in [5.74, 6) is 1.06. The minimum absolute atomic E-state index is 0.0455. The van der Waals surface area contributed by atoms with Gasteiger partial charge in [-0.15, -0.1) is 0 Å². The number of likely N-dealkylation sites (tertiary alicyclic amines) is 1. The summed E-state index contributed by atoms with van der Waals surface area (Å²) in [6, 6.07) is 7.66. The van der Waals surface area contributed by atoms with Gasteiger partial charge in [-0.2, -0.15) is 0 Å². The van der Waals surface area contributed by atoms with Gasteiger partial charge in [-0.05, 0) is 44.7 Å². The van der Waals surface area contributed by atoms with E-state index in [4.69, 9.17) is 4.74 Å². The zero-order chi connectivity index (χ0) is 14.3. The Balaban J connectivity index is 1.54. The fourth-order valence-electron chi connectivity index (χ4n) is 2.78. The molecule has 4 heteroatoms. The average Bonchev–Trinajstić information content (AvgIpc) is 3.21. The highest BCUT2D eigenvalue weighted by Crippen LogP contribution is 2.44. The maximum absolute atomic E-state index is 12.2. The first-order chi connectivity index (χ1) is 9.48. The van der Waals surface area contributed by atoms with Crippen molar-refractivity contribution in [3.63, 3.8) is 0 Å². The van der Waals surface area contributed by atoms with Gasteiger partial charge < -0.3 is 14.7 Å². The molecule has 0 bridgehead atoms. The molecule has 0 radical (unpaired) electrons. The van der Waals surface area contributed by atoms with Crippen LogP contribution in [0.5, 0.6) is 5.75 Å². The van der Waals surface area contributed by atoms with Gasteiger partial charge >= 0.3 is 0 Å². The number of benzene rings is 1. The molecule has 1 atom stereocenters. The third-order valence-electron chi connectivity index (χ3n) is 4.26. The van der Waals surface area contributed by atoms with E-state index in [9.17, 15) is 9.90 Å². The van der Waals surface area contributed by atoms with Crippen LogP contribution in [-0.4, -0.2) is 40.7 Å². The molecule has 0 spiro atoms. The van der Waals surface area contributed by atoms with Crippen LogP contribution in [0.1, 0.15) is 25.3 Å². The van der Waals surface area contributed by atoms with Crippen molar-refractivity contribution in [3.05, 3.63) is 29.8 Å². The van der Waals surface area contributed by atoms with Gasteiger partial charge in [0.15, 0.2) is 6.10 Å². The van der Waals surface area contributed by atoms with Crippen molar-refractivity contribution in [2.24, 2.45) is 5.92 Å². The smallest absolute Gasteiger partial charge is 0.263 e. The van der Waals surface area contributed by atoms with Crippen LogP contribution >= 0.6 is 0 Å². The highest BCUT2D eigenvalue weighted by molar-refractivity contribution is 5.82. The molecule has 108 valence electrons. The van der Waals surface area contributed by atoms with Crippen molar-refractivity contribution in [2.45, 2.75) is 38.4 Å². The Labute approximate surface area is 119 Å². The Morgan fingerprint density at radius 3 is 2.50 bits per heavy atom. The van der Waals surface area contributed by atoms with E-state index in [1.165, 1.54) is 0 Å². The molecule has 20 heavy (non-hydrogen) atoms. The zero-order valence-electron chi connectivity index (χ0n) is 12.0. The van der Waals surface area contributed by atoms with Gasteiger partial charge in [-0.1, -0.05) is 17.7 Å². The summed E-state index contributed by atoms with van der Waals surface area (Å²) in [5.41, 5.74) is 0.535. The third kappa shape index (κ3) is 2.52. The molecule has 1 amide bonds. The average molecular weight is 275 g/mol. The first-order valence-corrected chi connectivity index (χ1v) is 7.22. The van der Waals surface area contributed by atoms with E-state index in [2.05, 4.69) is 0 Å². The first-order valence-electron chi connectivity index (χ1n) is 7.22. The molecular formula is C16H21NO3. The van der Waals surface area contributed by atoms with Crippen LogP contribution in [0.15, 0.2) is 24.3 Å². The number of rotatable bonds is 4. The van der Waals surface area contributed by atoms with Crippen LogP contribution in [0.2, 0.25) is 0 Å². The number of ether oxygens (including phenoxy) is 1. The summed E-state index contributed by atoms with van der Waals surface area (Å²) in [7, 11) is 0. The largest absolute Gasteiger partial charge is 0.481 e. The standard InChI is InChI=1S/C16H21NO3/c1-11-3-7-14(8-4-11)20-12(2)15(18)17-9-16(19,10-17)13-5-6-13/h3-4,7-8,12-13,19H,5-6,9-10H2,1-2H3. The summed E-state index contributed by atoms with van der Waals surface area (Å²) in [6.07, 6.45) is 1.67. The van der Waals surface area contributed by atoms with Crippen LogP contribution < -0.4 is 4.74 Å². The van der Waals surface area contributed by atoms with E-state index in [0.29, 0.717) is 24.8 Å². The number of β-amino-alcohol motifs (C(OH)–C–C–N with tert-alkyl or cyclic N) is 1. The first kappa shape index (κ1) is 13.4. The Morgan fingerprint density at radius 2 is 1.95 bits per heavy atom. The van der Waals surface area contributed by atoms with Crippen molar-refractivity contribution in [2.75, 3.05) is 13.1 Å². The number of hydrogen-bond donors (Lipinski definition) is 1. The molecule has 3 rings (SSSR count). The van der Waals surface area contributed by atoms with E-state index in [1.54, 1.807) is 11.8 Å². The molecule has 0 aromatic heterocycles. The van der Waals surface area contributed by atoms with Crippen molar-refractivity contribution in [1.29, 1.82) is 0 Å². The van der Waals surface area contributed by atoms with E-state index in [-0.39, 0.29) is 5.91 Å². The lowest BCUT2D eigenvalue weighted by atomic mass is 9.88. The Hall–Kier alpha value is -1.55. The second-order valence-electron chi connectivity index (χ2n) is 6.15.